The van der Waals surface area contributed by atoms with Crippen molar-refractivity contribution in [3.05, 3.63) is 40.6 Å². The summed E-state index contributed by atoms with van der Waals surface area (Å²) in [5, 5.41) is 11.6. The van der Waals surface area contributed by atoms with Crippen LogP contribution in [0.3, 0.4) is 0 Å². The number of amides is 1. The number of aromatic amines is 1. The van der Waals surface area contributed by atoms with Crippen molar-refractivity contribution in [3.63, 3.8) is 0 Å². The molecule has 3 N–H and O–H groups in total. The molecule has 0 fully saturated rings. The summed E-state index contributed by atoms with van der Waals surface area (Å²) in [4.78, 5) is 14.9. The normalized spacial score (nSPS) is 10.2. The second-order valence-corrected chi connectivity index (χ2v) is 5.04. The lowest BCUT2D eigenvalue weighted by molar-refractivity contribution is 0.102. The third-order valence-electron chi connectivity index (χ3n) is 2.66. The number of aliphatic hydroxyl groups is 1. The Balaban J connectivity index is 2.14. The van der Waals surface area contributed by atoms with Gasteiger partial charge < -0.3 is 24.9 Å². The van der Waals surface area contributed by atoms with Gasteiger partial charge in [-0.15, -0.1) is 0 Å². The number of carbonyl (C=O) groups excluding carboxylic acids is 1. The third kappa shape index (κ3) is 3.99. The van der Waals surface area contributed by atoms with Crippen LogP contribution in [0, 0.1) is 0 Å². The maximum atomic E-state index is 12.0. The van der Waals surface area contributed by atoms with E-state index in [1.54, 1.807) is 30.5 Å². The molecule has 6 nitrogen and oxygen atoms in total. The Hall–Kier alpha value is -1.99. The lowest BCUT2D eigenvalue weighted by Gasteiger charge is -2.12. The first-order chi connectivity index (χ1) is 10.1. The molecular formula is C14H15BrN2O4. The van der Waals surface area contributed by atoms with Crippen LogP contribution in [-0.2, 0) is 0 Å². The summed E-state index contributed by atoms with van der Waals surface area (Å²) in [6.07, 6.45) is 1.68. The molecule has 1 amide bonds. The maximum absolute atomic E-state index is 12.0. The minimum Gasteiger partial charge on any atom is -0.493 e. The SMILES string of the molecule is COc1ccc(NC(=O)c2cc(Br)c[nH]2)cc1OCCO. The number of hydrogen-bond donors (Lipinski definition) is 3. The maximum Gasteiger partial charge on any atom is 0.272 e. The summed E-state index contributed by atoms with van der Waals surface area (Å²) in [6.45, 7) is 0.0492. The first-order valence-corrected chi connectivity index (χ1v) is 7.00. The third-order valence-corrected chi connectivity index (χ3v) is 3.12. The number of halogens is 1. The molecular weight excluding hydrogens is 340 g/mol. The molecule has 0 saturated heterocycles. The second-order valence-electron chi connectivity index (χ2n) is 4.12. The molecule has 112 valence electrons. The van der Waals surface area contributed by atoms with E-state index in [-0.39, 0.29) is 19.1 Å². The first-order valence-electron chi connectivity index (χ1n) is 6.21. The number of carbonyl (C=O) groups is 1. The minimum atomic E-state index is -0.265. The van der Waals surface area contributed by atoms with Crippen LogP contribution in [0.25, 0.3) is 0 Å². The average Bonchev–Trinajstić information content (AvgIpc) is 2.92. The van der Waals surface area contributed by atoms with Gasteiger partial charge in [0, 0.05) is 22.4 Å². The van der Waals surface area contributed by atoms with Gasteiger partial charge in [0.2, 0.25) is 0 Å². The zero-order chi connectivity index (χ0) is 15.2. The van der Waals surface area contributed by atoms with Crippen LogP contribution in [-0.4, -0.2) is 36.3 Å². The highest BCUT2D eigenvalue weighted by Crippen LogP contribution is 2.30. The summed E-state index contributed by atoms with van der Waals surface area (Å²) in [5.41, 5.74) is 1.01. The van der Waals surface area contributed by atoms with Crippen molar-refractivity contribution in [2.45, 2.75) is 0 Å². The van der Waals surface area contributed by atoms with Crippen LogP contribution in [0.15, 0.2) is 34.9 Å². The molecule has 0 aliphatic carbocycles. The van der Waals surface area contributed by atoms with E-state index in [1.165, 1.54) is 7.11 Å². The predicted octanol–water partition coefficient (Wildman–Crippen LogP) is 2.41. The highest BCUT2D eigenvalue weighted by atomic mass is 79.9. The van der Waals surface area contributed by atoms with Crippen LogP contribution in [0.5, 0.6) is 11.5 Å². The summed E-state index contributed by atoms with van der Waals surface area (Å²) < 4.78 is 11.3. The molecule has 0 atom stereocenters. The Kier molecular flexibility index (Phi) is 5.24. The number of ether oxygens (including phenoxy) is 2. The predicted molar refractivity (Wildman–Crippen MR) is 82.0 cm³/mol. The van der Waals surface area contributed by atoms with E-state index in [9.17, 15) is 4.79 Å². The number of aromatic nitrogens is 1. The van der Waals surface area contributed by atoms with Crippen LogP contribution in [0.1, 0.15) is 10.5 Å². The highest BCUT2D eigenvalue weighted by molar-refractivity contribution is 9.10. The van der Waals surface area contributed by atoms with Crippen LogP contribution >= 0.6 is 15.9 Å². The van der Waals surface area contributed by atoms with Crippen molar-refractivity contribution < 1.29 is 19.4 Å². The summed E-state index contributed by atoms with van der Waals surface area (Å²) in [6, 6.07) is 6.72. The molecule has 0 radical (unpaired) electrons. The number of methoxy groups -OCH3 is 1. The number of rotatable bonds is 6. The fourth-order valence-corrected chi connectivity index (χ4v) is 2.06. The van der Waals surface area contributed by atoms with Gasteiger partial charge in [0.1, 0.15) is 12.3 Å². The summed E-state index contributed by atoms with van der Waals surface area (Å²) in [7, 11) is 1.52. The monoisotopic (exact) mass is 354 g/mol. The number of benzene rings is 1. The van der Waals surface area contributed by atoms with Crippen LogP contribution in [0.4, 0.5) is 5.69 Å². The first kappa shape index (κ1) is 15.4. The van der Waals surface area contributed by atoms with E-state index in [1.807, 2.05) is 0 Å². The van der Waals surface area contributed by atoms with Gasteiger partial charge in [0.05, 0.1) is 13.7 Å². The molecule has 2 aromatic rings. The molecule has 0 bridgehead atoms. The van der Waals surface area contributed by atoms with Gasteiger partial charge >= 0.3 is 0 Å². The molecule has 0 aliphatic rings. The standard InChI is InChI=1S/C14H15BrN2O4/c1-20-12-3-2-10(7-13(12)21-5-4-18)17-14(19)11-6-9(15)8-16-11/h2-3,6-8,16,18H,4-5H2,1H3,(H,17,19). The van der Waals surface area contributed by atoms with Gasteiger partial charge in [-0.1, -0.05) is 0 Å². The van der Waals surface area contributed by atoms with Crippen molar-refractivity contribution >= 4 is 27.5 Å². The van der Waals surface area contributed by atoms with Gasteiger partial charge in [-0.2, -0.15) is 0 Å². The smallest absolute Gasteiger partial charge is 0.272 e. The number of anilines is 1. The van der Waals surface area contributed by atoms with E-state index in [4.69, 9.17) is 14.6 Å². The zero-order valence-corrected chi connectivity index (χ0v) is 12.9. The average molecular weight is 355 g/mol. The van der Waals surface area contributed by atoms with Crippen molar-refractivity contribution in [2.75, 3.05) is 25.6 Å². The van der Waals surface area contributed by atoms with Gasteiger partial charge in [0.15, 0.2) is 11.5 Å². The Labute approximate surface area is 130 Å². The van der Waals surface area contributed by atoms with Crippen molar-refractivity contribution in [3.8, 4) is 11.5 Å². The van der Waals surface area contributed by atoms with E-state index in [0.29, 0.717) is 22.9 Å². The molecule has 1 aromatic carbocycles. The fraction of sp³-hybridized carbons (Fsp3) is 0.214. The molecule has 0 aliphatic heterocycles. The Morgan fingerprint density at radius 2 is 2.19 bits per heavy atom. The molecule has 0 spiro atoms. The van der Waals surface area contributed by atoms with Crippen molar-refractivity contribution in [1.29, 1.82) is 0 Å². The van der Waals surface area contributed by atoms with Gasteiger partial charge in [-0.05, 0) is 34.1 Å². The van der Waals surface area contributed by atoms with E-state index >= 15 is 0 Å². The van der Waals surface area contributed by atoms with Crippen LogP contribution in [0.2, 0.25) is 0 Å². The van der Waals surface area contributed by atoms with E-state index in [0.717, 1.165) is 4.47 Å². The van der Waals surface area contributed by atoms with Gasteiger partial charge in [0.25, 0.3) is 5.91 Å². The van der Waals surface area contributed by atoms with Crippen molar-refractivity contribution in [2.24, 2.45) is 0 Å². The summed E-state index contributed by atoms with van der Waals surface area (Å²) in [5.74, 6) is 0.722. The molecule has 7 heteroatoms. The highest BCUT2D eigenvalue weighted by Gasteiger charge is 2.11. The molecule has 21 heavy (non-hydrogen) atoms. The quantitative estimate of drug-likeness (QED) is 0.743. The fourth-order valence-electron chi connectivity index (χ4n) is 1.72. The second kappa shape index (κ2) is 7.14. The van der Waals surface area contributed by atoms with Crippen molar-refractivity contribution in [1.82, 2.24) is 4.98 Å². The number of aliphatic hydroxyl groups excluding tert-OH is 1. The summed E-state index contributed by atoms with van der Waals surface area (Å²) >= 11 is 3.27. The Bertz CT molecular complexity index is 627. The Morgan fingerprint density at radius 1 is 1.38 bits per heavy atom. The molecule has 0 saturated carbocycles. The van der Waals surface area contributed by atoms with Gasteiger partial charge in [-0.3, -0.25) is 4.79 Å². The lowest BCUT2D eigenvalue weighted by Crippen LogP contribution is -2.12. The Morgan fingerprint density at radius 3 is 2.81 bits per heavy atom. The number of hydrogen-bond acceptors (Lipinski definition) is 4. The molecule has 1 aromatic heterocycles. The van der Waals surface area contributed by atoms with Gasteiger partial charge in [-0.25, -0.2) is 0 Å². The molecule has 1 heterocycles. The zero-order valence-electron chi connectivity index (χ0n) is 11.4. The van der Waals surface area contributed by atoms with E-state index in [2.05, 4.69) is 26.2 Å². The molecule has 2 rings (SSSR count). The number of H-pyrrole nitrogens is 1. The number of nitrogens with one attached hydrogen (secondary N) is 2. The molecule has 0 unspecified atom stereocenters. The topological polar surface area (TPSA) is 83.6 Å². The minimum absolute atomic E-state index is 0.101. The lowest BCUT2D eigenvalue weighted by atomic mass is 10.2. The van der Waals surface area contributed by atoms with Crippen LogP contribution < -0.4 is 14.8 Å². The largest absolute Gasteiger partial charge is 0.493 e. The van der Waals surface area contributed by atoms with E-state index < -0.39 is 0 Å².